The number of rotatable bonds is 4. The lowest BCUT2D eigenvalue weighted by Gasteiger charge is -2.36. The molecule has 3 N–H and O–H groups in total. The Morgan fingerprint density at radius 1 is 1.29 bits per heavy atom. The molecule has 0 amide bonds. The van der Waals surface area contributed by atoms with Gasteiger partial charge >= 0.3 is 0 Å². The van der Waals surface area contributed by atoms with E-state index in [4.69, 9.17) is 4.84 Å². The van der Waals surface area contributed by atoms with E-state index >= 15 is 0 Å². The third-order valence-corrected chi connectivity index (χ3v) is 5.69. The highest BCUT2D eigenvalue weighted by Gasteiger charge is 2.32. The lowest BCUT2D eigenvalue weighted by atomic mass is 9.81. The minimum atomic E-state index is -0.244. The van der Waals surface area contributed by atoms with Crippen LogP contribution in [0, 0.1) is 0 Å². The van der Waals surface area contributed by atoms with Gasteiger partial charge in [0.25, 0.3) is 0 Å². The first kappa shape index (κ1) is 18.8. The second kappa shape index (κ2) is 7.48. The van der Waals surface area contributed by atoms with Gasteiger partial charge in [0.2, 0.25) is 0 Å². The fourth-order valence-electron chi connectivity index (χ4n) is 4.33. The smallest absolute Gasteiger partial charge is 0.137 e. The molecular weight excluding hydrogens is 352 g/mol. The van der Waals surface area contributed by atoms with E-state index in [0.717, 1.165) is 64.7 Å². The number of fused-ring (bicyclic) bond motifs is 2. The molecule has 1 fully saturated rings. The van der Waals surface area contributed by atoms with Crippen LogP contribution in [-0.2, 0) is 4.84 Å². The van der Waals surface area contributed by atoms with Crippen molar-refractivity contribution in [2.45, 2.75) is 38.3 Å². The molecule has 7 heteroatoms. The molecule has 2 aliphatic carbocycles. The monoisotopic (exact) mass is 380 g/mol. The van der Waals surface area contributed by atoms with Crippen molar-refractivity contribution in [2.24, 2.45) is 5.16 Å². The van der Waals surface area contributed by atoms with Gasteiger partial charge in [-0.1, -0.05) is 23.4 Å². The van der Waals surface area contributed by atoms with Crippen molar-refractivity contribution in [3.05, 3.63) is 40.7 Å². The predicted octanol–water partition coefficient (Wildman–Crippen LogP) is 0.452. The highest BCUT2D eigenvalue weighted by atomic mass is 16.6. The van der Waals surface area contributed by atoms with Gasteiger partial charge in [0.1, 0.15) is 25.0 Å². The highest BCUT2D eigenvalue weighted by Crippen LogP contribution is 2.30. The van der Waals surface area contributed by atoms with Crippen molar-refractivity contribution in [1.82, 2.24) is 20.6 Å². The van der Waals surface area contributed by atoms with Crippen LogP contribution in [0.2, 0.25) is 0 Å². The normalized spacial score (nSPS) is 26.0. The molecule has 2 heterocycles. The van der Waals surface area contributed by atoms with Gasteiger partial charge in [-0.2, -0.15) is 0 Å². The summed E-state index contributed by atoms with van der Waals surface area (Å²) in [6.45, 7) is 6.38. The Kier molecular flexibility index (Phi) is 5.03. The second-order valence-electron chi connectivity index (χ2n) is 7.70. The third-order valence-electron chi connectivity index (χ3n) is 5.69. The summed E-state index contributed by atoms with van der Waals surface area (Å²) in [4.78, 5) is 14.2. The van der Waals surface area contributed by atoms with E-state index in [1.54, 1.807) is 13.4 Å². The van der Waals surface area contributed by atoms with Crippen molar-refractivity contribution in [2.75, 3.05) is 32.6 Å². The van der Waals surface area contributed by atoms with Crippen LogP contribution in [0.3, 0.4) is 0 Å². The van der Waals surface area contributed by atoms with Crippen LogP contribution < -0.4 is 26.5 Å². The largest absolute Gasteiger partial charge is 0.399 e. The molecule has 7 nitrogen and oxygen atoms in total. The van der Waals surface area contributed by atoms with Crippen LogP contribution in [0.1, 0.15) is 26.7 Å². The Labute approximate surface area is 165 Å². The number of anilines is 1. The van der Waals surface area contributed by atoms with E-state index in [0.29, 0.717) is 6.04 Å². The fourth-order valence-corrected chi connectivity index (χ4v) is 4.33. The van der Waals surface area contributed by atoms with Gasteiger partial charge in [-0.15, -0.1) is 0 Å². The maximum absolute atomic E-state index is 5.21. The number of nitrogens with one attached hydrogen (secondary N) is 3. The summed E-state index contributed by atoms with van der Waals surface area (Å²) in [7, 11) is 3.46. The molecule has 0 aromatic carbocycles. The molecule has 1 unspecified atom stereocenters. The number of aromatic nitrogens is 2. The summed E-state index contributed by atoms with van der Waals surface area (Å²) in [5.41, 5.74) is 3.71. The maximum atomic E-state index is 5.21. The van der Waals surface area contributed by atoms with E-state index in [9.17, 15) is 0 Å². The molecule has 1 aliphatic heterocycles. The molecule has 0 bridgehead atoms. The lowest BCUT2D eigenvalue weighted by molar-refractivity contribution is 0.214. The topological polar surface area (TPSA) is 83.5 Å². The molecule has 28 heavy (non-hydrogen) atoms. The quantitative estimate of drug-likeness (QED) is 0.658. The number of oxime groups is 1. The van der Waals surface area contributed by atoms with Crippen LogP contribution >= 0.6 is 0 Å². The zero-order valence-electron chi connectivity index (χ0n) is 17.0. The van der Waals surface area contributed by atoms with Crippen molar-refractivity contribution >= 4 is 22.7 Å². The van der Waals surface area contributed by atoms with Crippen molar-refractivity contribution in [1.29, 1.82) is 0 Å². The standard InChI is InChI=1S/C21H28N6O/c1-13-17-19(24-12-25-20(17)22-3)15-5-8-21(2,11-16(15)18(13)27-28-4)26-14-6-9-23-10-7-14/h5,8,11-12,14,23,26H,6-7,9-10H2,1-4H3,(H,22,24,25)/b27-18-. The minimum Gasteiger partial charge on any atom is -0.399 e. The summed E-state index contributed by atoms with van der Waals surface area (Å²) in [6, 6.07) is 0.497. The molecule has 0 spiro atoms. The molecule has 0 saturated carbocycles. The molecule has 3 aliphatic rings. The Bertz CT molecular complexity index is 987. The Morgan fingerprint density at radius 3 is 2.79 bits per heavy atom. The van der Waals surface area contributed by atoms with E-state index < -0.39 is 0 Å². The molecule has 1 saturated heterocycles. The molecular formula is C21H28N6O. The second-order valence-corrected chi connectivity index (χ2v) is 7.70. The minimum absolute atomic E-state index is 0.244. The molecule has 1 aromatic heterocycles. The summed E-state index contributed by atoms with van der Waals surface area (Å²) >= 11 is 0. The van der Waals surface area contributed by atoms with Gasteiger partial charge in [-0.25, -0.2) is 9.97 Å². The highest BCUT2D eigenvalue weighted by molar-refractivity contribution is 6.33. The van der Waals surface area contributed by atoms with Crippen molar-refractivity contribution < 1.29 is 4.84 Å². The lowest BCUT2D eigenvalue weighted by Crippen LogP contribution is -2.51. The van der Waals surface area contributed by atoms with Gasteiger partial charge in [-0.3, -0.25) is 0 Å². The summed E-state index contributed by atoms with van der Waals surface area (Å²) in [5.74, 6) is 0.799. The zero-order valence-corrected chi connectivity index (χ0v) is 17.0. The average Bonchev–Trinajstić information content (AvgIpc) is 2.71. The summed E-state index contributed by atoms with van der Waals surface area (Å²) in [5, 5.41) is 16.7. The van der Waals surface area contributed by atoms with Crippen LogP contribution in [0.4, 0.5) is 5.82 Å². The van der Waals surface area contributed by atoms with Crippen LogP contribution in [0.25, 0.3) is 11.1 Å². The zero-order chi connectivity index (χ0) is 19.7. The number of hydrogen-bond donors (Lipinski definition) is 3. The Morgan fingerprint density at radius 2 is 2.07 bits per heavy atom. The van der Waals surface area contributed by atoms with Gasteiger partial charge < -0.3 is 20.8 Å². The first-order chi connectivity index (χ1) is 13.6. The number of piperidine rings is 1. The van der Waals surface area contributed by atoms with Gasteiger partial charge in [0.15, 0.2) is 0 Å². The number of nitrogens with zero attached hydrogens (tertiary/aromatic N) is 3. The predicted molar refractivity (Wildman–Crippen MR) is 112 cm³/mol. The van der Waals surface area contributed by atoms with Crippen LogP contribution in [0.15, 0.2) is 35.3 Å². The van der Waals surface area contributed by atoms with E-state index in [-0.39, 0.29) is 5.54 Å². The number of allylic oxidation sites excluding steroid dienone is 2. The van der Waals surface area contributed by atoms with Crippen molar-refractivity contribution in [3.63, 3.8) is 0 Å². The SMILES string of the molecule is CNc1ncnc2c1=C(C)/C(=N/OC)C1=CC(C)(NC3CCNCC3)C=CC=21. The van der Waals surface area contributed by atoms with Gasteiger partial charge in [0, 0.05) is 29.5 Å². The van der Waals surface area contributed by atoms with E-state index in [1.165, 1.54) is 0 Å². The molecule has 1 aromatic rings. The fraction of sp³-hybridized carbons (Fsp3) is 0.476. The maximum Gasteiger partial charge on any atom is 0.137 e. The number of hydrogen-bond acceptors (Lipinski definition) is 7. The molecule has 4 rings (SSSR count). The first-order valence-corrected chi connectivity index (χ1v) is 9.83. The van der Waals surface area contributed by atoms with Gasteiger partial charge in [0.05, 0.1) is 10.9 Å². The van der Waals surface area contributed by atoms with Gasteiger partial charge in [-0.05, 0) is 45.4 Å². The average molecular weight is 380 g/mol. The Balaban J connectivity index is 1.86. The molecule has 0 radical (unpaired) electrons. The van der Waals surface area contributed by atoms with Crippen molar-refractivity contribution in [3.8, 4) is 0 Å². The van der Waals surface area contributed by atoms with Crippen LogP contribution in [0.5, 0.6) is 0 Å². The summed E-state index contributed by atoms with van der Waals surface area (Å²) < 4.78 is 0. The van der Waals surface area contributed by atoms with Crippen LogP contribution in [-0.4, -0.2) is 54.5 Å². The first-order valence-electron chi connectivity index (χ1n) is 9.83. The summed E-state index contributed by atoms with van der Waals surface area (Å²) in [6.07, 6.45) is 10.5. The molecule has 1 atom stereocenters. The molecule has 148 valence electrons. The third kappa shape index (κ3) is 3.25. The Hall–Kier alpha value is -2.51. The van der Waals surface area contributed by atoms with E-state index in [1.807, 2.05) is 7.05 Å². The van der Waals surface area contributed by atoms with E-state index in [2.05, 4.69) is 63.1 Å².